The largest absolute Gasteiger partial charge is 0.389 e. The Morgan fingerprint density at radius 1 is 1.41 bits per heavy atom. The lowest BCUT2D eigenvalue weighted by Gasteiger charge is -2.16. The smallest absolute Gasteiger partial charge is 0.103 e. The van der Waals surface area contributed by atoms with Crippen molar-refractivity contribution in [1.29, 1.82) is 0 Å². The Morgan fingerprint density at radius 2 is 2.06 bits per heavy atom. The first-order chi connectivity index (χ1) is 8.16. The van der Waals surface area contributed by atoms with Crippen molar-refractivity contribution >= 4 is 22.9 Å². The first-order valence-electron chi connectivity index (χ1n) is 6.01. The molecule has 0 bridgehead atoms. The molecular formula is C13H19N3S. The summed E-state index contributed by atoms with van der Waals surface area (Å²) in [7, 11) is 2.19. The van der Waals surface area contributed by atoms with Gasteiger partial charge in [-0.2, -0.15) is 0 Å². The second kappa shape index (κ2) is 5.47. The quantitative estimate of drug-likeness (QED) is 0.755. The zero-order chi connectivity index (χ0) is 12.3. The Bertz CT molecular complexity index is 384. The molecule has 0 heterocycles. The molecule has 0 radical (unpaired) electrons. The van der Waals surface area contributed by atoms with Gasteiger partial charge in [-0.1, -0.05) is 12.2 Å². The monoisotopic (exact) mass is 249 g/mol. The lowest BCUT2D eigenvalue weighted by molar-refractivity contribution is 0.337. The van der Waals surface area contributed by atoms with E-state index in [4.69, 9.17) is 18.0 Å². The summed E-state index contributed by atoms with van der Waals surface area (Å²) in [6, 6.07) is 8.77. The first-order valence-corrected chi connectivity index (χ1v) is 6.41. The number of thiocarbonyl (C=S) groups is 1. The fourth-order valence-electron chi connectivity index (χ4n) is 1.83. The van der Waals surface area contributed by atoms with E-state index in [0.29, 0.717) is 4.99 Å². The average Bonchev–Trinajstić information content (AvgIpc) is 3.13. The molecule has 1 aliphatic carbocycles. The molecule has 0 saturated heterocycles. The van der Waals surface area contributed by atoms with Crippen molar-refractivity contribution in [3.8, 4) is 0 Å². The number of nitrogens with one attached hydrogen (secondary N) is 1. The molecule has 0 aromatic heterocycles. The maximum atomic E-state index is 5.55. The second-order valence-corrected chi connectivity index (χ2v) is 5.02. The molecule has 17 heavy (non-hydrogen) atoms. The van der Waals surface area contributed by atoms with Gasteiger partial charge in [0.2, 0.25) is 0 Å². The number of nitrogens with zero attached hydrogens (tertiary/aromatic N) is 1. The summed E-state index contributed by atoms with van der Waals surface area (Å²) in [5.74, 6) is 0. The fourth-order valence-corrected chi connectivity index (χ4v) is 1.96. The molecule has 2 rings (SSSR count). The first kappa shape index (κ1) is 12.3. The van der Waals surface area contributed by atoms with E-state index < -0.39 is 0 Å². The van der Waals surface area contributed by atoms with E-state index in [0.717, 1.165) is 30.4 Å². The van der Waals surface area contributed by atoms with Gasteiger partial charge in [0.05, 0.1) is 0 Å². The molecule has 0 atom stereocenters. The van der Waals surface area contributed by atoms with E-state index in [2.05, 4.69) is 17.3 Å². The van der Waals surface area contributed by atoms with Crippen molar-refractivity contribution in [3.63, 3.8) is 0 Å². The SMILES string of the molecule is CN(CCNc1ccc(C(N)=S)cc1)C1CC1. The molecule has 1 aromatic carbocycles. The predicted molar refractivity (Wildman–Crippen MR) is 76.5 cm³/mol. The van der Waals surface area contributed by atoms with E-state index in [9.17, 15) is 0 Å². The zero-order valence-electron chi connectivity index (χ0n) is 10.1. The van der Waals surface area contributed by atoms with Gasteiger partial charge >= 0.3 is 0 Å². The summed E-state index contributed by atoms with van der Waals surface area (Å²) in [5.41, 5.74) is 7.59. The molecule has 0 unspecified atom stereocenters. The lowest BCUT2D eigenvalue weighted by Crippen LogP contribution is -2.27. The number of hydrogen-bond acceptors (Lipinski definition) is 3. The Hall–Kier alpha value is -1.13. The third kappa shape index (κ3) is 3.68. The highest BCUT2D eigenvalue weighted by Crippen LogP contribution is 2.24. The van der Waals surface area contributed by atoms with Crippen molar-refractivity contribution in [1.82, 2.24) is 4.90 Å². The van der Waals surface area contributed by atoms with Crippen LogP contribution in [0.2, 0.25) is 0 Å². The summed E-state index contributed by atoms with van der Waals surface area (Å²) in [6.45, 7) is 2.06. The Labute approximate surface area is 108 Å². The number of anilines is 1. The molecule has 0 aliphatic heterocycles. The highest BCUT2D eigenvalue weighted by atomic mass is 32.1. The van der Waals surface area contributed by atoms with Crippen LogP contribution in [0.1, 0.15) is 18.4 Å². The molecule has 1 aromatic rings. The molecular weight excluding hydrogens is 230 g/mol. The zero-order valence-corrected chi connectivity index (χ0v) is 11.0. The van der Waals surface area contributed by atoms with Gasteiger partial charge in [-0.3, -0.25) is 0 Å². The molecule has 1 aliphatic rings. The van der Waals surface area contributed by atoms with Gasteiger partial charge in [0.25, 0.3) is 0 Å². The minimum absolute atomic E-state index is 0.449. The Morgan fingerprint density at radius 3 is 2.59 bits per heavy atom. The van der Waals surface area contributed by atoms with Crippen LogP contribution in [0, 0.1) is 0 Å². The van der Waals surface area contributed by atoms with Crippen LogP contribution < -0.4 is 11.1 Å². The highest BCUT2D eigenvalue weighted by Gasteiger charge is 2.25. The molecule has 0 amide bonds. The summed E-state index contributed by atoms with van der Waals surface area (Å²) >= 11 is 4.91. The van der Waals surface area contributed by atoms with Gasteiger partial charge in [-0.25, -0.2) is 0 Å². The van der Waals surface area contributed by atoms with E-state index in [-0.39, 0.29) is 0 Å². The minimum Gasteiger partial charge on any atom is -0.389 e. The number of likely N-dealkylation sites (N-methyl/N-ethyl adjacent to an activating group) is 1. The third-order valence-corrected chi connectivity index (χ3v) is 3.37. The maximum absolute atomic E-state index is 5.55. The molecule has 0 spiro atoms. The van der Waals surface area contributed by atoms with Crippen molar-refractivity contribution < 1.29 is 0 Å². The van der Waals surface area contributed by atoms with E-state index in [1.807, 2.05) is 24.3 Å². The number of benzene rings is 1. The molecule has 1 saturated carbocycles. The fraction of sp³-hybridized carbons (Fsp3) is 0.462. The molecule has 3 nitrogen and oxygen atoms in total. The van der Waals surface area contributed by atoms with Crippen LogP contribution in [0.4, 0.5) is 5.69 Å². The van der Waals surface area contributed by atoms with Crippen LogP contribution >= 0.6 is 12.2 Å². The Kier molecular flexibility index (Phi) is 3.97. The molecule has 3 N–H and O–H groups in total. The average molecular weight is 249 g/mol. The molecule has 4 heteroatoms. The summed E-state index contributed by atoms with van der Waals surface area (Å²) in [4.78, 5) is 2.86. The number of nitrogens with two attached hydrogens (primary N) is 1. The van der Waals surface area contributed by atoms with Gasteiger partial charge in [-0.05, 0) is 44.2 Å². The topological polar surface area (TPSA) is 41.3 Å². The summed E-state index contributed by atoms with van der Waals surface area (Å²) in [5, 5.41) is 3.40. The minimum atomic E-state index is 0.449. The normalized spacial score (nSPS) is 14.9. The van der Waals surface area contributed by atoms with E-state index >= 15 is 0 Å². The van der Waals surface area contributed by atoms with Crippen LogP contribution in [0.25, 0.3) is 0 Å². The lowest BCUT2D eigenvalue weighted by atomic mass is 10.2. The summed E-state index contributed by atoms with van der Waals surface area (Å²) in [6.07, 6.45) is 2.72. The molecule has 92 valence electrons. The van der Waals surface area contributed by atoms with Crippen molar-refractivity contribution in [2.45, 2.75) is 18.9 Å². The van der Waals surface area contributed by atoms with Crippen molar-refractivity contribution in [2.24, 2.45) is 5.73 Å². The Balaban J connectivity index is 1.76. The molecule has 1 fully saturated rings. The predicted octanol–water partition coefficient (Wildman–Crippen LogP) is 1.83. The van der Waals surface area contributed by atoms with Crippen molar-refractivity contribution in [3.05, 3.63) is 29.8 Å². The second-order valence-electron chi connectivity index (χ2n) is 4.58. The van der Waals surface area contributed by atoms with Crippen LogP contribution in [0.3, 0.4) is 0 Å². The van der Waals surface area contributed by atoms with E-state index in [1.54, 1.807) is 0 Å². The van der Waals surface area contributed by atoms with E-state index in [1.165, 1.54) is 12.8 Å². The van der Waals surface area contributed by atoms with Gasteiger partial charge in [0.1, 0.15) is 4.99 Å². The maximum Gasteiger partial charge on any atom is 0.103 e. The van der Waals surface area contributed by atoms with Crippen LogP contribution in [-0.2, 0) is 0 Å². The van der Waals surface area contributed by atoms with Gasteiger partial charge < -0.3 is 16.0 Å². The van der Waals surface area contributed by atoms with Crippen molar-refractivity contribution in [2.75, 3.05) is 25.5 Å². The van der Waals surface area contributed by atoms with Gasteiger partial charge in [0, 0.05) is 30.4 Å². The standard InChI is InChI=1S/C13H19N3S/c1-16(12-6-7-12)9-8-15-11-4-2-10(3-5-11)13(14)17/h2-5,12,15H,6-9H2,1H3,(H2,14,17). The van der Waals surface area contributed by atoms with Crippen LogP contribution in [0.15, 0.2) is 24.3 Å². The van der Waals surface area contributed by atoms with Gasteiger partial charge in [-0.15, -0.1) is 0 Å². The third-order valence-electron chi connectivity index (χ3n) is 3.13. The highest BCUT2D eigenvalue weighted by molar-refractivity contribution is 7.80. The van der Waals surface area contributed by atoms with Crippen LogP contribution in [-0.4, -0.2) is 36.1 Å². The van der Waals surface area contributed by atoms with Crippen LogP contribution in [0.5, 0.6) is 0 Å². The number of hydrogen-bond donors (Lipinski definition) is 2. The van der Waals surface area contributed by atoms with Gasteiger partial charge in [0.15, 0.2) is 0 Å². The number of rotatable bonds is 6. The summed E-state index contributed by atoms with van der Waals surface area (Å²) < 4.78 is 0.